The Kier molecular flexibility index (Phi) is 5.16. The Morgan fingerprint density at radius 3 is 2.40 bits per heavy atom. The fourth-order valence-corrected chi connectivity index (χ4v) is 4.23. The van der Waals surface area contributed by atoms with Gasteiger partial charge in [-0.2, -0.15) is 17.5 Å². The van der Waals surface area contributed by atoms with Crippen molar-refractivity contribution in [3.63, 3.8) is 0 Å². The van der Waals surface area contributed by atoms with Crippen molar-refractivity contribution in [1.82, 2.24) is 4.31 Å². The second kappa shape index (κ2) is 6.10. The fraction of sp³-hybridized carbons (Fsp3) is 0.500. The van der Waals surface area contributed by atoms with Gasteiger partial charge in [0.2, 0.25) is 0 Å². The quantitative estimate of drug-likeness (QED) is 0.867. The van der Waals surface area contributed by atoms with E-state index >= 15 is 0 Å². The average Bonchev–Trinajstić information content (AvgIpc) is 2.77. The molecule has 1 N–H and O–H groups in total. The summed E-state index contributed by atoms with van der Waals surface area (Å²) in [4.78, 5) is 9.61. The number of sulfonamides is 1. The summed E-state index contributed by atoms with van der Waals surface area (Å²) in [6, 6.07) is 1.51. The van der Waals surface area contributed by atoms with Crippen molar-refractivity contribution >= 4 is 27.3 Å². The predicted molar refractivity (Wildman–Crippen MR) is 66.0 cm³/mol. The minimum atomic E-state index is -4.62. The van der Waals surface area contributed by atoms with Crippen molar-refractivity contribution in [2.75, 3.05) is 13.1 Å². The lowest BCUT2D eigenvalue weighted by atomic mass is 10.5. The van der Waals surface area contributed by atoms with Gasteiger partial charge in [0.15, 0.2) is 0 Å². The van der Waals surface area contributed by atoms with E-state index in [1.165, 1.54) is 0 Å². The van der Waals surface area contributed by atoms with E-state index in [2.05, 4.69) is 0 Å². The molecule has 10 heteroatoms. The Morgan fingerprint density at radius 1 is 1.40 bits per heavy atom. The summed E-state index contributed by atoms with van der Waals surface area (Å²) in [5.74, 6) is -1.37. The number of aliphatic carboxylic acids is 1. The Hall–Kier alpha value is -1.13. The number of nitrogens with zero attached hydrogens (tertiary/aromatic N) is 1. The van der Waals surface area contributed by atoms with Crippen LogP contribution < -0.4 is 0 Å². The molecule has 0 radical (unpaired) electrons. The van der Waals surface area contributed by atoms with E-state index in [0.717, 1.165) is 6.07 Å². The maximum absolute atomic E-state index is 12.5. The first-order chi connectivity index (χ1) is 9.09. The van der Waals surface area contributed by atoms with Crippen LogP contribution >= 0.6 is 11.3 Å². The number of thiophene rings is 1. The SMILES string of the molecule is CCCN(CC(=O)O)S(=O)(=O)c1ccc(C(F)(F)F)s1. The number of carboxylic acids is 1. The molecule has 0 saturated carbocycles. The van der Waals surface area contributed by atoms with E-state index in [0.29, 0.717) is 16.8 Å². The minimum absolute atomic E-state index is 0.0755. The molecule has 5 nitrogen and oxygen atoms in total. The molecular formula is C10H12F3NO4S2. The number of hydrogen-bond acceptors (Lipinski definition) is 4. The largest absolute Gasteiger partial charge is 0.480 e. The van der Waals surface area contributed by atoms with Crippen LogP contribution in [0.5, 0.6) is 0 Å². The molecule has 0 spiro atoms. The van der Waals surface area contributed by atoms with Crippen LogP contribution in [0.2, 0.25) is 0 Å². The van der Waals surface area contributed by atoms with E-state index in [1.54, 1.807) is 6.92 Å². The molecule has 0 fully saturated rings. The topological polar surface area (TPSA) is 74.7 Å². The minimum Gasteiger partial charge on any atom is -0.480 e. The number of carboxylic acid groups (broad SMARTS) is 1. The molecule has 0 bridgehead atoms. The first kappa shape index (κ1) is 16.9. The summed E-state index contributed by atoms with van der Waals surface area (Å²) in [7, 11) is -4.23. The highest BCUT2D eigenvalue weighted by molar-refractivity contribution is 7.91. The molecule has 20 heavy (non-hydrogen) atoms. The third-order valence-electron chi connectivity index (χ3n) is 2.24. The summed E-state index contributed by atoms with van der Waals surface area (Å²) in [6.45, 7) is 0.781. The van der Waals surface area contributed by atoms with Crippen LogP contribution in [0, 0.1) is 0 Å². The van der Waals surface area contributed by atoms with Crippen LogP contribution in [-0.4, -0.2) is 36.9 Å². The normalized spacial score (nSPS) is 12.8. The van der Waals surface area contributed by atoms with Crippen molar-refractivity contribution in [3.05, 3.63) is 17.0 Å². The molecular weight excluding hydrogens is 319 g/mol. The molecule has 1 aromatic rings. The second-order valence-corrected chi connectivity index (χ2v) is 7.10. The Morgan fingerprint density at radius 2 is 2.00 bits per heavy atom. The monoisotopic (exact) mass is 331 g/mol. The number of alkyl halides is 3. The number of carbonyl (C=O) groups is 1. The van der Waals surface area contributed by atoms with Gasteiger partial charge in [-0.15, -0.1) is 11.3 Å². The summed E-state index contributed by atoms with van der Waals surface area (Å²) in [5, 5.41) is 8.67. The van der Waals surface area contributed by atoms with Gasteiger partial charge in [0, 0.05) is 6.54 Å². The lowest BCUT2D eigenvalue weighted by Crippen LogP contribution is -2.35. The Bertz CT molecular complexity index is 580. The molecule has 1 aromatic heterocycles. The van der Waals surface area contributed by atoms with Crippen molar-refractivity contribution in [2.45, 2.75) is 23.7 Å². The Balaban J connectivity index is 3.13. The first-order valence-corrected chi connectivity index (χ1v) is 7.73. The molecule has 0 aliphatic heterocycles. The smallest absolute Gasteiger partial charge is 0.425 e. The van der Waals surface area contributed by atoms with Crippen LogP contribution in [0.3, 0.4) is 0 Å². The van der Waals surface area contributed by atoms with Crippen molar-refractivity contribution in [1.29, 1.82) is 0 Å². The fourth-order valence-electron chi connectivity index (χ4n) is 1.42. The predicted octanol–water partition coefficient (Wildman–Crippen LogP) is 2.25. The highest BCUT2D eigenvalue weighted by Gasteiger charge is 2.35. The highest BCUT2D eigenvalue weighted by atomic mass is 32.2. The van der Waals surface area contributed by atoms with Gasteiger partial charge >= 0.3 is 12.1 Å². The van der Waals surface area contributed by atoms with Crippen molar-refractivity contribution < 1.29 is 31.5 Å². The maximum atomic E-state index is 12.5. The molecule has 0 aromatic carbocycles. The van der Waals surface area contributed by atoms with Crippen LogP contribution in [-0.2, 0) is 21.0 Å². The van der Waals surface area contributed by atoms with E-state index in [9.17, 15) is 26.4 Å². The summed E-state index contributed by atoms with van der Waals surface area (Å²) >= 11 is 0.0805. The van der Waals surface area contributed by atoms with Gasteiger partial charge in [-0.3, -0.25) is 4.79 Å². The molecule has 114 valence electrons. The molecule has 0 amide bonds. The number of hydrogen-bond donors (Lipinski definition) is 1. The molecule has 1 rings (SSSR count). The van der Waals surface area contributed by atoms with Gasteiger partial charge in [-0.25, -0.2) is 8.42 Å². The lowest BCUT2D eigenvalue weighted by molar-refractivity contribution is -0.137. The van der Waals surface area contributed by atoms with E-state index < -0.39 is 37.8 Å². The zero-order valence-corrected chi connectivity index (χ0v) is 12.0. The van der Waals surface area contributed by atoms with Crippen LogP contribution in [0.4, 0.5) is 13.2 Å². The van der Waals surface area contributed by atoms with Crippen LogP contribution in [0.25, 0.3) is 0 Å². The van der Waals surface area contributed by atoms with E-state index in [4.69, 9.17) is 5.11 Å². The van der Waals surface area contributed by atoms with E-state index in [-0.39, 0.29) is 17.9 Å². The number of halogens is 3. The molecule has 0 atom stereocenters. The van der Waals surface area contributed by atoms with Crippen molar-refractivity contribution in [3.8, 4) is 0 Å². The van der Waals surface area contributed by atoms with E-state index in [1.807, 2.05) is 0 Å². The molecule has 0 saturated heterocycles. The van der Waals surface area contributed by atoms with Gasteiger partial charge in [0.1, 0.15) is 15.6 Å². The maximum Gasteiger partial charge on any atom is 0.425 e. The van der Waals surface area contributed by atoms with Gasteiger partial charge in [0.25, 0.3) is 10.0 Å². The van der Waals surface area contributed by atoms with Crippen molar-refractivity contribution in [2.24, 2.45) is 0 Å². The molecule has 0 aliphatic rings. The van der Waals surface area contributed by atoms with Gasteiger partial charge < -0.3 is 5.11 Å². The average molecular weight is 331 g/mol. The van der Waals surface area contributed by atoms with Gasteiger partial charge in [-0.05, 0) is 18.6 Å². The standard InChI is InChI=1S/C10H12F3NO4S2/c1-2-5-14(6-8(15)16)20(17,18)9-4-3-7(19-9)10(11,12)13/h3-4H,2,5-6H2,1H3,(H,15,16). The zero-order chi connectivity index (χ0) is 15.6. The van der Waals surface area contributed by atoms with Gasteiger partial charge in [0.05, 0.1) is 0 Å². The van der Waals surface area contributed by atoms with Gasteiger partial charge in [-0.1, -0.05) is 6.92 Å². The number of rotatable bonds is 6. The Labute approximate surface area is 117 Å². The van der Waals surface area contributed by atoms with Crippen LogP contribution in [0.15, 0.2) is 16.3 Å². The highest BCUT2D eigenvalue weighted by Crippen LogP contribution is 2.36. The second-order valence-electron chi connectivity index (χ2n) is 3.85. The van der Waals surface area contributed by atoms with Crippen LogP contribution in [0.1, 0.15) is 18.2 Å². The summed E-state index contributed by atoms with van der Waals surface area (Å²) in [6.07, 6.45) is -4.27. The first-order valence-electron chi connectivity index (χ1n) is 5.48. The zero-order valence-electron chi connectivity index (χ0n) is 10.3. The molecule has 0 unspecified atom stereocenters. The summed E-state index contributed by atoms with van der Waals surface area (Å²) < 4.78 is 61.7. The summed E-state index contributed by atoms with van der Waals surface area (Å²) in [5.41, 5.74) is 0. The molecule has 0 aliphatic carbocycles. The third kappa shape index (κ3) is 3.93. The molecule has 1 heterocycles. The lowest BCUT2D eigenvalue weighted by Gasteiger charge is -2.18. The third-order valence-corrected chi connectivity index (χ3v) is 5.68.